The van der Waals surface area contributed by atoms with E-state index in [9.17, 15) is 9.59 Å². The molecule has 2 rings (SSSR count). The first-order valence-electron chi connectivity index (χ1n) is 8.28. The predicted molar refractivity (Wildman–Crippen MR) is 106 cm³/mol. The van der Waals surface area contributed by atoms with E-state index in [2.05, 4.69) is 37.2 Å². The van der Waals surface area contributed by atoms with E-state index in [0.29, 0.717) is 22.5 Å². The highest BCUT2D eigenvalue weighted by atomic mass is 79.9. The fourth-order valence-electron chi connectivity index (χ4n) is 3.03. The Morgan fingerprint density at radius 3 is 1.73 bits per heavy atom. The van der Waals surface area contributed by atoms with E-state index in [4.69, 9.17) is 9.47 Å². The van der Waals surface area contributed by atoms with E-state index in [0.717, 1.165) is 14.5 Å². The van der Waals surface area contributed by atoms with Crippen molar-refractivity contribution in [1.29, 1.82) is 0 Å². The number of ether oxygens (including phenoxy) is 2. The summed E-state index contributed by atoms with van der Waals surface area (Å²) in [4.78, 5) is 25.4. The van der Waals surface area contributed by atoms with Gasteiger partial charge in [0.15, 0.2) is 0 Å². The summed E-state index contributed by atoms with van der Waals surface area (Å²) in [7, 11) is 0. The molecular formula is C19H21Br2NO4. The molecule has 140 valence electrons. The number of carbonyl (C=O) groups excluding carboxylic acids is 2. The van der Waals surface area contributed by atoms with Gasteiger partial charge in [0.2, 0.25) is 0 Å². The van der Waals surface area contributed by atoms with Crippen molar-refractivity contribution in [3.8, 4) is 0 Å². The van der Waals surface area contributed by atoms with Crippen LogP contribution < -0.4 is 5.32 Å². The molecule has 0 radical (unpaired) electrons. The van der Waals surface area contributed by atoms with Crippen molar-refractivity contribution in [2.24, 2.45) is 0 Å². The zero-order valence-electron chi connectivity index (χ0n) is 15.1. The minimum atomic E-state index is -0.580. The van der Waals surface area contributed by atoms with Gasteiger partial charge in [-0.3, -0.25) is 0 Å². The number of hydrogen-bond donors (Lipinski definition) is 1. The van der Waals surface area contributed by atoms with Gasteiger partial charge in [-0.2, -0.15) is 0 Å². The summed E-state index contributed by atoms with van der Waals surface area (Å²) in [6.07, 6.45) is 0. The first kappa shape index (κ1) is 20.7. The number of carbonyl (C=O) groups is 2. The van der Waals surface area contributed by atoms with E-state index < -0.39 is 17.9 Å². The molecule has 0 amide bonds. The molecule has 1 aliphatic rings. The SMILES string of the molecule is CCOC(=O)C1=C(C)NC(C)=C(C(=O)OCC)C1c1cc(Br)cc(Br)c1. The molecule has 1 aliphatic heterocycles. The van der Waals surface area contributed by atoms with Crippen molar-refractivity contribution >= 4 is 43.8 Å². The van der Waals surface area contributed by atoms with E-state index >= 15 is 0 Å². The Balaban J connectivity index is 2.69. The van der Waals surface area contributed by atoms with Crippen LogP contribution in [0.5, 0.6) is 0 Å². The maximum Gasteiger partial charge on any atom is 0.336 e. The van der Waals surface area contributed by atoms with Crippen LogP contribution in [0.1, 0.15) is 39.2 Å². The molecule has 0 saturated heterocycles. The first-order valence-corrected chi connectivity index (χ1v) is 9.87. The number of halogens is 2. The van der Waals surface area contributed by atoms with E-state index in [1.807, 2.05) is 18.2 Å². The highest BCUT2D eigenvalue weighted by Gasteiger charge is 2.38. The van der Waals surface area contributed by atoms with Gasteiger partial charge in [-0.25, -0.2) is 9.59 Å². The second-order valence-corrected chi connectivity index (χ2v) is 7.61. The van der Waals surface area contributed by atoms with Gasteiger partial charge in [0.1, 0.15) is 0 Å². The normalized spacial score (nSPS) is 15.0. The monoisotopic (exact) mass is 485 g/mol. The van der Waals surface area contributed by atoms with Crippen molar-refractivity contribution in [3.63, 3.8) is 0 Å². The van der Waals surface area contributed by atoms with E-state index in [1.165, 1.54) is 0 Å². The fourth-order valence-corrected chi connectivity index (χ4v) is 4.36. The van der Waals surface area contributed by atoms with Crippen LogP contribution in [0.4, 0.5) is 0 Å². The molecular weight excluding hydrogens is 466 g/mol. The quantitative estimate of drug-likeness (QED) is 0.617. The molecule has 1 aromatic rings. The number of esters is 2. The summed E-state index contributed by atoms with van der Waals surface area (Å²) in [6, 6.07) is 5.67. The summed E-state index contributed by atoms with van der Waals surface area (Å²) in [6.45, 7) is 7.61. The minimum absolute atomic E-state index is 0.252. The third-order valence-electron chi connectivity index (χ3n) is 3.97. The number of allylic oxidation sites excluding steroid dienone is 2. The van der Waals surface area contributed by atoms with Crippen LogP contribution >= 0.6 is 31.9 Å². The summed E-state index contributed by atoms with van der Waals surface area (Å²) < 4.78 is 12.2. The van der Waals surface area contributed by atoms with Crippen molar-refractivity contribution in [1.82, 2.24) is 5.32 Å². The lowest BCUT2D eigenvalue weighted by Crippen LogP contribution is -2.32. The average Bonchev–Trinajstić information content (AvgIpc) is 2.53. The predicted octanol–water partition coefficient (Wildman–Crippen LogP) is 4.57. The number of nitrogens with one attached hydrogen (secondary N) is 1. The number of dihydropyridines is 1. The van der Waals surface area contributed by atoms with Gasteiger partial charge in [-0.05, 0) is 51.5 Å². The van der Waals surface area contributed by atoms with Crippen LogP contribution in [-0.2, 0) is 19.1 Å². The third kappa shape index (κ3) is 4.38. The second-order valence-electron chi connectivity index (χ2n) is 5.78. The zero-order chi connectivity index (χ0) is 19.4. The molecule has 1 N–H and O–H groups in total. The average molecular weight is 487 g/mol. The van der Waals surface area contributed by atoms with Crippen LogP contribution in [-0.4, -0.2) is 25.2 Å². The number of benzene rings is 1. The fraction of sp³-hybridized carbons (Fsp3) is 0.368. The topological polar surface area (TPSA) is 64.6 Å². The maximum absolute atomic E-state index is 12.7. The van der Waals surface area contributed by atoms with E-state index in [-0.39, 0.29) is 13.2 Å². The Bertz CT molecular complexity index is 738. The number of rotatable bonds is 5. The molecule has 26 heavy (non-hydrogen) atoms. The molecule has 0 bridgehead atoms. The van der Waals surface area contributed by atoms with Crippen molar-refractivity contribution in [2.75, 3.05) is 13.2 Å². The molecule has 0 aliphatic carbocycles. The lowest BCUT2D eigenvalue weighted by molar-refractivity contribution is -0.139. The van der Waals surface area contributed by atoms with Crippen molar-refractivity contribution < 1.29 is 19.1 Å². The maximum atomic E-state index is 12.7. The molecule has 0 aromatic heterocycles. The molecule has 1 aromatic carbocycles. The zero-order valence-corrected chi connectivity index (χ0v) is 18.3. The molecule has 0 fully saturated rings. The van der Waals surface area contributed by atoms with Gasteiger partial charge < -0.3 is 14.8 Å². The third-order valence-corrected chi connectivity index (χ3v) is 4.88. The van der Waals surface area contributed by atoms with Gasteiger partial charge in [-0.1, -0.05) is 31.9 Å². The molecule has 0 unspecified atom stereocenters. The number of hydrogen-bond acceptors (Lipinski definition) is 5. The molecule has 0 saturated carbocycles. The second kappa shape index (κ2) is 8.86. The van der Waals surface area contributed by atoms with E-state index in [1.54, 1.807) is 27.7 Å². The Morgan fingerprint density at radius 2 is 1.35 bits per heavy atom. The van der Waals surface area contributed by atoms with Crippen LogP contribution in [0.3, 0.4) is 0 Å². The van der Waals surface area contributed by atoms with Crippen LogP contribution in [0.15, 0.2) is 49.7 Å². The molecule has 0 atom stereocenters. The lowest BCUT2D eigenvalue weighted by Gasteiger charge is -2.30. The molecule has 0 spiro atoms. The van der Waals surface area contributed by atoms with Crippen LogP contribution in [0, 0.1) is 0 Å². The van der Waals surface area contributed by atoms with Crippen molar-refractivity contribution in [2.45, 2.75) is 33.6 Å². The Labute approximate surface area is 170 Å². The standard InChI is InChI=1S/C19H21Br2NO4/c1-5-25-18(23)15-10(3)22-11(4)16(19(24)26-6-2)17(15)12-7-13(20)9-14(21)8-12/h7-9,17,22H,5-6H2,1-4H3. The van der Waals surface area contributed by atoms with Crippen LogP contribution in [0.2, 0.25) is 0 Å². The Kier molecular flexibility index (Phi) is 7.06. The van der Waals surface area contributed by atoms with Gasteiger partial charge in [0.05, 0.1) is 30.3 Å². The van der Waals surface area contributed by atoms with Crippen LogP contribution in [0.25, 0.3) is 0 Å². The van der Waals surface area contributed by atoms with Gasteiger partial charge in [0.25, 0.3) is 0 Å². The van der Waals surface area contributed by atoms with Gasteiger partial charge in [-0.15, -0.1) is 0 Å². The lowest BCUT2D eigenvalue weighted by atomic mass is 9.80. The van der Waals surface area contributed by atoms with Crippen molar-refractivity contribution in [3.05, 3.63) is 55.2 Å². The summed E-state index contributed by atoms with van der Waals surface area (Å²) in [5, 5.41) is 3.12. The first-order chi connectivity index (χ1) is 12.3. The largest absolute Gasteiger partial charge is 0.463 e. The van der Waals surface area contributed by atoms with Gasteiger partial charge in [0, 0.05) is 20.3 Å². The minimum Gasteiger partial charge on any atom is -0.463 e. The smallest absolute Gasteiger partial charge is 0.336 e. The Morgan fingerprint density at radius 1 is 0.923 bits per heavy atom. The Hall–Kier alpha value is -1.60. The summed E-state index contributed by atoms with van der Waals surface area (Å²) in [5.74, 6) is -1.48. The highest BCUT2D eigenvalue weighted by Crippen LogP contribution is 2.40. The summed E-state index contributed by atoms with van der Waals surface area (Å²) in [5.41, 5.74) is 2.93. The summed E-state index contributed by atoms with van der Waals surface area (Å²) >= 11 is 6.95. The highest BCUT2D eigenvalue weighted by molar-refractivity contribution is 9.11. The molecule has 1 heterocycles. The van der Waals surface area contributed by atoms with Gasteiger partial charge >= 0.3 is 11.9 Å². The molecule has 5 nitrogen and oxygen atoms in total. The molecule has 7 heteroatoms.